The number of aliphatic hydroxyl groups excluding tert-OH is 1. The molecule has 0 aromatic heterocycles. The van der Waals surface area contributed by atoms with Crippen molar-refractivity contribution in [1.29, 1.82) is 0 Å². The number of carbonyl (C=O) groups excluding carboxylic acids is 1. The Balaban J connectivity index is 1.37. The number of rotatable bonds is 6. The van der Waals surface area contributed by atoms with Crippen LogP contribution in [0.1, 0.15) is 39.5 Å². The summed E-state index contributed by atoms with van der Waals surface area (Å²) in [5, 5.41) is 10.0. The summed E-state index contributed by atoms with van der Waals surface area (Å²) in [4.78, 5) is 17.6. The molecule has 2 fully saturated rings. The Bertz CT molecular complexity index is 851. The summed E-state index contributed by atoms with van der Waals surface area (Å²) in [6.45, 7) is 7.60. The number of likely N-dealkylation sites (tertiary alicyclic amines) is 2. The fourth-order valence-corrected chi connectivity index (χ4v) is 5.27. The predicted octanol–water partition coefficient (Wildman–Crippen LogP) is 2.76. The van der Waals surface area contributed by atoms with Gasteiger partial charge >= 0.3 is 0 Å². The Morgan fingerprint density at radius 1 is 1.00 bits per heavy atom. The first-order valence-electron chi connectivity index (χ1n) is 11.0. The molecule has 4 rings (SSSR count). The third kappa shape index (κ3) is 4.15. The number of nitrogens with two attached hydrogens (primary N) is 1. The van der Waals surface area contributed by atoms with Crippen molar-refractivity contribution in [3.05, 3.63) is 70.8 Å². The van der Waals surface area contributed by atoms with Crippen molar-refractivity contribution in [3.8, 4) is 0 Å². The van der Waals surface area contributed by atoms with Crippen LogP contribution in [0, 0.1) is 25.7 Å². The zero-order valence-corrected chi connectivity index (χ0v) is 18.0. The molecule has 5 heteroatoms. The SMILES string of the molecule is Cc1cccc(C)c1C(=O)N1CC2CN(C(CO)C[C@H](N)c3ccccc3)CC2C1. The number of carbonyl (C=O) groups is 1. The fourth-order valence-electron chi connectivity index (χ4n) is 5.27. The third-order valence-corrected chi connectivity index (χ3v) is 6.98. The average molecular weight is 408 g/mol. The molecule has 0 saturated carbocycles. The largest absolute Gasteiger partial charge is 0.395 e. The zero-order valence-electron chi connectivity index (χ0n) is 18.0. The van der Waals surface area contributed by atoms with E-state index in [1.807, 2.05) is 55.1 Å². The van der Waals surface area contributed by atoms with Crippen molar-refractivity contribution in [1.82, 2.24) is 9.80 Å². The zero-order chi connectivity index (χ0) is 21.3. The van der Waals surface area contributed by atoms with Crippen molar-refractivity contribution in [2.45, 2.75) is 32.4 Å². The molecule has 160 valence electrons. The minimum absolute atomic E-state index is 0.0635. The first kappa shape index (κ1) is 21.0. The van der Waals surface area contributed by atoms with Gasteiger partial charge in [0.25, 0.3) is 5.91 Å². The maximum atomic E-state index is 13.1. The van der Waals surface area contributed by atoms with Gasteiger partial charge in [-0.05, 0) is 48.8 Å². The molecule has 0 bridgehead atoms. The fraction of sp³-hybridized carbons (Fsp3) is 0.480. The molecule has 2 aliphatic rings. The first-order valence-corrected chi connectivity index (χ1v) is 11.0. The second-order valence-corrected chi connectivity index (χ2v) is 9.04. The van der Waals surface area contributed by atoms with E-state index < -0.39 is 0 Å². The van der Waals surface area contributed by atoms with Crippen molar-refractivity contribution in [2.75, 3.05) is 32.8 Å². The molecular formula is C25H33N3O2. The van der Waals surface area contributed by atoms with E-state index in [1.165, 1.54) is 0 Å². The molecule has 4 atom stereocenters. The number of hydrogen-bond acceptors (Lipinski definition) is 4. The molecule has 0 radical (unpaired) electrons. The molecule has 2 aliphatic heterocycles. The quantitative estimate of drug-likeness (QED) is 0.773. The average Bonchev–Trinajstić information content (AvgIpc) is 3.31. The highest BCUT2D eigenvalue weighted by molar-refractivity contribution is 5.97. The Hall–Kier alpha value is -2.21. The lowest BCUT2D eigenvalue weighted by molar-refractivity contribution is 0.0753. The summed E-state index contributed by atoms with van der Waals surface area (Å²) in [6, 6.07) is 16.1. The monoisotopic (exact) mass is 407 g/mol. The number of fused-ring (bicyclic) bond motifs is 1. The number of benzene rings is 2. The van der Waals surface area contributed by atoms with Gasteiger partial charge in [-0.3, -0.25) is 9.69 Å². The molecule has 5 nitrogen and oxygen atoms in total. The van der Waals surface area contributed by atoms with E-state index in [4.69, 9.17) is 5.73 Å². The highest BCUT2D eigenvalue weighted by atomic mass is 16.3. The predicted molar refractivity (Wildman–Crippen MR) is 119 cm³/mol. The molecule has 2 aromatic rings. The van der Waals surface area contributed by atoms with Gasteiger partial charge < -0.3 is 15.7 Å². The lowest BCUT2D eigenvalue weighted by atomic mass is 9.99. The molecular weight excluding hydrogens is 374 g/mol. The van der Waals surface area contributed by atoms with Gasteiger partial charge in [-0.2, -0.15) is 0 Å². The van der Waals surface area contributed by atoms with Gasteiger partial charge in [0.15, 0.2) is 0 Å². The molecule has 3 N–H and O–H groups in total. The van der Waals surface area contributed by atoms with Crippen molar-refractivity contribution >= 4 is 5.91 Å². The lowest BCUT2D eigenvalue weighted by Crippen LogP contribution is -2.41. The van der Waals surface area contributed by atoms with Gasteiger partial charge in [0.1, 0.15) is 0 Å². The Morgan fingerprint density at radius 2 is 1.60 bits per heavy atom. The van der Waals surface area contributed by atoms with Crippen LogP contribution in [0.25, 0.3) is 0 Å². The van der Waals surface area contributed by atoms with Crippen LogP contribution in [-0.2, 0) is 0 Å². The number of aryl methyl sites for hydroxylation is 2. The topological polar surface area (TPSA) is 69.8 Å². The van der Waals surface area contributed by atoms with E-state index in [0.717, 1.165) is 54.9 Å². The summed E-state index contributed by atoms with van der Waals surface area (Å²) in [7, 11) is 0. The van der Waals surface area contributed by atoms with E-state index in [9.17, 15) is 9.90 Å². The summed E-state index contributed by atoms with van der Waals surface area (Å²) in [5.41, 5.74) is 10.5. The molecule has 3 unspecified atom stereocenters. The van der Waals surface area contributed by atoms with Crippen LogP contribution < -0.4 is 5.73 Å². The number of aliphatic hydroxyl groups is 1. The van der Waals surface area contributed by atoms with Crippen LogP contribution in [0.5, 0.6) is 0 Å². The summed E-state index contributed by atoms with van der Waals surface area (Å²) < 4.78 is 0. The smallest absolute Gasteiger partial charge is 0.254 e. The minimum Gasteiger partial charge on any atom is -0.395 e. The number of nitrogens with zero attached hydrogens (tertiary/aromatic N) is 2. The Labute approximate surface area is 179 Å². The van der Waals surface area contributed by atoms with Gasteiger partial charge in [-0.15, -0.1) is 0 Å². The second-order valence-electron chi connectivity index (χ2n) is 9.04. The maximum absolute atomic E-state index is 13.1. The Morgan fingerprint density at radius 3 is 2.17 bits per heavy atom. The molecule has 0 aliphatic carbocycles. The minimum atomic E-state index is -0.0779. The van der Waals surface area contributed by atoms with Crippen LogP contribution in [0.3, 0.4) is 0 Å². The molecule has 2 heterocycles. The second kappa shape index (κ2) is 8.88. The standard InChI is InChI=1S/C25H33N3O2/c1-17-7-6-8-18(2)24(17)25(30)28-14-20-12-27(13-21(20)15-28)22(16-29)11-23(26)19-9-4-3-5-10-19/h3-10,20-23,29H,11-16,26H2,1-2H3/t20?,21?,22?,23-/m0/s1. The highest BCUT2D eigenvalue weighted by Crippen LogP contribution is 2.34. The normalized spacial score (nSPS) is 23.4. The molecule has 1 amide bonds. The van der Waals surface area contributed by atoms with Crippen LogP contribution in [0.4, 0.5) is 0 Å². The highest BCUT2D eigenvalue weighted by Gasteiger charge is 2.43. The third-order valence-electron chi connectivity index (χ3n) is 6.98. The van der Waals surface area contributed by atoms with Crippen molar-refractivity contribution in [3.63, 3.8) is 0 Å². The Kier molecular flexibility index (Phi) is 6.23. The van der Waals surface area contributed by atoms with Crippen LogP contribution >= 0.6 is 0 Å². The van der Waals surface area contributed by atoms with E-state index in [0.29, 0.717) is 11.8 Å². The summed E-state index contributed by atoms with van der Waals surface area (Å²) in [5.74, 6) is 1.11. The van der Waals surface area contributed by atoms with E-state index >= 15 is 0 Å². The molecule has 30 heavy (non-hydrogen) atoms. The van der Waals surface area contributed by atoms with Crippen LogP contribution in [-0.4, -0.2) is 59.6 Å². The van der Waals surface area contributed by atoms with Crippen LogP contribution in [0.15, 0.2) is 48.5 Å². The first-order chi connectivity index (χ1) is 14.5. The summed E-state index contributed by atoms with van der Waals surface area (Å²) in [6.07, 6.45) is 0.741. The van der Waals surface area contributed by atoms with Gasteiger partial charge in [0.05, 0.1) is 6.61 Å². The molecule has 2 saturated heterocycles. The van der Waals surface area contributed by atoms with Crippen LogP contribution in [0.2, 0.25) is 0 Å². The van der Waals surface area contributed by atoms with Gasteiger partial charge in [-0.25, -0.2) is 0 Å². The van der Waals surface area contributed by atoms with E-state index in [-0.39, 0.29) is 24.6 Å². The van der Waals surface area contributed by atoms with E-state index in [1.54, 1.807) is 0 Å². The van der Waals surface area contributed by atoms with Gasteiger partial charge in [0, 0.05) is 43.8 Å². The van der Waals surface area contributed by atoms with Gasteiger partial charge in [-0.1, -0.05) is 48.5 Å². The lowest BCUT2D eigenvalue weighted by Gasteiger charge is -2.30. The number of hydrogen-bond donors (Lipinski definition) is 2. The summed E-state index contributed by atoms with van der Waals surface area (Å²) >= 11 is 0. The van der Waals surface area contributed by atoms with Crippen molar-refractivity contribution < 1.29 is 9.90 Å². The van der Waals surface area contributed by atoms with Gasteiger partial charge in [0.2, 0.25) is 0 Å². The maximum Gasteiger partial charge on any atom is 0.254 e. The van der Waals surface area contributed by atoms with E-state index in [2.05, 4.69) is 17.0 Å². The molecule has 0 spiro atoms. The molecule has 2 aromatic carbocycles. The van der Waals surface area contributed by atoms with Crippen molar-refractivity contribution in [2.24, 2.45) is 17.6 Å². The number of amides is 1.